The topological polar surface area (TPSA) is 136 Å². The molecule has 1 aliphatic rings. The Morgan fingerprint density at radius 1 is 1.34 bits per heavy atom. The van der Waals surface area contributed by atoms with Crippen molar-refractivity contribution >= 4 is 22.8 Å². The van der Waals surface area contributed by atoms with E-state index in [1.165, 1.54) is 6.42 Å². The van der Waals surface area contributed by atoms with E-state index in [1.807, 2.05) is 10.9 Å². The number of nitrogens with zero attached hydrogens (tertiary/aromatic N) is 5. The maximum absolute atomic E-state index is 9.44. The number of aliphatic hydroxyl groups excluding tert-OH is 1. The minimum atomic E-state index is 0.0803. The molecule has 1 aliphatic heterocycles. The van der Waals surface area contributed by atoms with Crippen LogP contribution in [0.2, 0.25) is 0 Å². The van der Waals surface area contributed by atoms with Crippen molar-refractivity contribution in [3.63, 3.8) is 0 Å². The smallest absolute Gasteiger partial charge is 0.222 e. The number of anilines is 2. The van der Waals surface area contributed by atoms with Crippen LogP contribution >= 0.6 is 0 Å². The minimum absolute atomic E-state index is 0.0803. The molecule has 172 valence electrons. The summed E-state index contributed by atoms with van der Waals surface area (Å²) < 4.78 is 7.48. The van der Waals surface area contributed by atoms with E-state index in [1.54, 1.807) is 13.3 Å². The van der Waals surface area contributed by atoms with Crippen molar-refractivity contribution in [3.05, 3.63) is 29.7 Å². The molecular formula is C22H32N8O2. The molecule has 32 heavy (non-hydrogen) atoms. The standard InChI is InChI=1S/C22H32N8O2/c1-3-5-15(7-9-31)27-21-20-17(28-22(23)29-21)12-26-30(20)13-18-19(32-2)10-14(11-25-18)16-6-4-8-24-16/h10-12,15-16,24,31H,3-9,13H2,1-2H3,(H3,23,27,28,29). The van der Waals surface area contributed by atoms with Crippen LogP contribution in [0.25, 0.3) is 11.0 Å². The first-order valence-electron chi connectivity index (χ1n) is 11.3. The largest absolute Gasteiger partial charge is 0.495 e. The summed E-state index contributed by atoms with van der Waals surface area (Å²) in [6.45, 7) is 3.65. The number of hydrogen-bond acceptors (Lipinski definition) is 9. The van der Waals surface area contributed by atoms with Gasteiger partial charge in [0.15, 0.2) is 5.82 Å². The minimum Gasteiger partial charge on any atom is -0.495 e. The molecule has 4 heterocycles. The molecule has 4 rings (SSSR count). The zero-order valence-corrected chi connectivity index (χ0v) is 18.7. The lowest BCUT2D eigenvalue weighted by Crippen LogP contribution is -2.22. The number of aromatic nitrogens is 5. The quantitative estimate of drug-likeness (QED) is 0.374. The lowest BCUT2D eigenvalue weighted by molar-refractivity contribution is 0.276. The van der Waals surface area contributed by atoms with Crippen molar-refractivity contribution in [2.45, 2.75) is 57.7 Å². The molecule has 3 aromatic rings. The molecule has 3 aromatic heterocycles. The number of aliphatic hydroxyl groups is 1. The summed E-state index contributed by atoms with van der Waals surface area (Å²) in [5, 5.41) is 20.9. The molecule has 10 heteroatoms. The average molecular weight is 441 g/mol. The van der Waals surface area contributed by atoms with Crippen LogP contribution in [0.15, 0.2) is 18.5 Å². The molecule has 0 amide bonds. The number of rotatable bonds is 10. The molecule has 0 aromatic carbocycles. The van der Waals surface area contributed by atoms with Crippen molar-refractivity contribution in [3.8, 4) is 5.75 Å². The highest BCUT2D eigenvalue weighted by atomic mass is 16.5. The van der Waals surface area contributed by atoms with E-state index in [0.29, 0.717) is 30.3 Å². The molecule has 0 aliphatic carbocycles. The van der Waals surface area contributed by atoms with Gasteiger partial charge in [0.2, 0.25) is 5.95 Å². The monoisotopic (exact) mass is 440 g/mol. The van der Waals surface area contributed by atoms with Gasteiger partial charge in [-0.2, -0.15) is 10.1 Å². The van der Waals surface area contributed by atoms with Crippen molar-refractivity contribution in [1.29, 1.82) is 0 Å². The number of nitrogen functional groups attached to an aromatic ring is 1. The van der Waals surface area contributed by atoms with Gasteiger partial charge >= 0.3 is 0 Å². The third-order valence-corrected chi connectivity index (χ3v) is 5.90. The van der Waals surface area contributed by atoms with Crippen molar-refractivity contribution < 1.29 is 9.84 Å². The molecule has 0 radical (unpaired) electrons. The van der Waals surface area contributed by atoms with E-state index in [2.05, 4.69) is 38.7 Å². The fraction of sp³-hybridized carbons (Fsp3) is 0.545. The summed E-state index contributed by atoms with van der Waals surface area (Å²) >= 11 is 0. The number of nitrogens with one attached hydrogen (secondary N) is 2. The summed E-state index contributed by atoms with van der Waals surface area (Å²) in [5.41, 5.74) is 9.27. The van der Waals surface area contributed by atoms with E-state index in [4.69, 9.17) is 15.5 Å². The molecule has 0 bridgehead atoms. The highest BCUT2D eigenvalue weighted by Crippen LogP contribution is 2.29. The summed E-state index contributed by atoms with van der Waals surface area (Å²) in [5.74, 6) is 1.53. The molecule has 1 fully saturated rings. The second-order valence-corrected chi connectivity index (χ2v) is 8.18. The lowest BCUT2D eigenvalue weighted by atomic mass is 10.1. The molecular weight excluding hydrogens is 408 g/mol. The SMILES string of the molecule is CCCC(CCO)Nc1nc(N)nc2cnn(Cc3ncc(C4CCCN4)cc3OC)c12. The van der Waals surface area contributed by atoms with Crippen LogP contribution in [0.4, 0.5) is 11.8 Å². The molecule has 0 spiro atoms. The normalized spacial score (nSPS) is 17.0. The second-order valence-electron chi connectivity index (χ2n) is 8.18. The molecule has 10 nitrogen and oxygen atoms in total. The highest BCUT2D eigenvalue weighted by Gasteiger charge is 2.20. The summed E-state index contributed by atoms with van der Waals surface area (Å²) in [6, 6.07) is 2.46. The van der Waals surface area contributed by atoms with Crippen LogP contribution in [0.1, 0.15) is 56.3 Å². The van der Waals surface area contributed by atoms with Crippen LogP contribution in [-0.2, 0) is 6.54 Å². The number of hydrogen-bond donors (Lipinski definition) is 4. The molecule has 1 saturated heterocycles. The maximum Gasteiger partial charge on any atom is 0.222 e. The third kappa shape index (κ3) is 4.76. The second kappa shape index (κ2) is 10.1. The van der Waals surface area contributed by atoms with E-state index in [0.717, 1.165) is 48.3 Å². The van der Waals surface area contributed by atoms with Gasteiger partial charge in [-0.3, -0.25) is 9.67 Å². The molecule has 0 saturated carbocycles. The Morgan fingerprint density at radius 2 is 2.22 bits per heavy atom. The first-order chi connectivity index (χ1) is 15.6. The lowest BCUT2D eigenvalue weighted by Gasteiger charge is -2.19. The van der Waals surface area contributed by atoms with E-state index in [9.17, 15) is 5.11 Å². The number of fused-ring (bicyclic) bond motifs is 1. The Kier molecular flexibility index (Phi) is 7.01. The number of pyridine rings is 1. The van der Waals surface area contributed by atoms with Gasteiger partial charge in [0, 0.05) is 24.9 Å². The van der Waals surface area contributed by atoms with Crippen molar-refractivity contribution in [2.75, 3.05) is 31.3 Å². The van der Waals surface area contributed by atoms with Crippen LogP contribution in [0.3, 0.4) is 0 Å². The summed E-state index contributed by atoms with van der Waals surface area (Å²) in [6.07, 6.45) is 8.40. The summed E-state index contributed by atoms with van der Waals surface area (Å²) in [4.78, 5) is 13.5. The third-order valence-electron chi connectivity index (χ3n) is 5.90. The van der Waals surface area contributed by atoms with Gasteiger partial charge in [0.05, 0.1) is 19.9 Å². The Labute approximate surface area is 187 Å². The number of methoxy groups -OCH3 is 1. The van der Waals surface area contributed by atoms with E-state index >= 15 is 0 Å². The van der Waals surface area contributed by atoms with Crippen LogP contribution in [-0.4, -0.2) is 56.1 Å². The van der Waals surface area contributed by atoms with Crippen LogP contribution < -0.4 is 21.1 Å². The van der Waals surface area contributed by atoms with Gasteiger partial charge in [-0.25, -0.2) is 4.98 Å². The predicted molar refractivity (Wildman–Crippen MR) is 124 cm³/mol. The Bertz CT molecular complexity index is 1040. The fourth-order valence-electron chi connectivity index (χ4n) is 4.31. The Hall–Kier alpha value is -2.98. The number of nitrogens with two attached hydrogens (primary N) is 1. The molecule has 5 N–H and O–H groups in total. The number of ether oxygens (including phenoxy) is 1. The van der Waals surface area contributed by atoms with Gasteiger partial charge < -0.3 is 26.2 Å². The van der Waals surface area contributed by atoms with Crippen molar-refractivity contribution in [1.82, 2.24) is 30.0 Å². The average Bonchev–Trinajstić information content (AvgIpc) is 3.45. The van der Waals surface area contributed by atoms with Gasteiger partial charge in [0.25, 0.3) is 0 Å². The zero-order valence-electron chi connectivity index (χ0n) is 18.7. The molecule has 2 atom stereocenters. The highest BCUT2D eigenvalue weighted by molar-refractivity contribution is 5.86. The predicted octanol–water partition coefficient (Wildman–Crippen LogP) is 2.25. The van der Waals surface area contributed by atoms with Gasteiger partial charge in [-0.15, -0.1) is 0 Å². The Balaban J connectivity index is 1.66. The zero-order chi connectivity index (χ0) is 22.5. The van der Waals surface area contributed by atoms with Crippen LogP contribution in [0, 0.1) is 0 Å². The van der Waals surface area contributed by atoms with E-state index < -0.39 is 0 Å². The molecule has 2 unspecified atom stereocenters. The van der Waals surface area contributed by atoms with Gasteiger partial charge in [0.1, 0.15) is 22.5 Å². The van der Waals surface area contributed by atoms with E-state index in [-0.39, 0.29) is 18.6 Å². The first-order valence-corrected chi connectivity index (χ1v) is 11.3. The maximum atomic E-state index is 9.44. The Morgan fingerprint density at radius 3 is 2.94 bits per heavy atom. The van der Waals surface area contributed by atoms with Gasteiger partial charge in [-0.1, -0.05) is 13.3 Å². The van der Waals surface area contributed by atoms with Crippen molar-refractivity contribution in [2.24, 2.45) is 0 Å². The van der Waals surface area contributed by atoms with Gasteiger partial charge in [-0.05, 0) is 43.9 Å². The first kappa shape index (κ1) is 22.2. The summed E-state index contributed by atoms with van der Waals surface area (Å²) in [7, 11) is 1.66. The fourth-order valence-corrected chi connectivity index (χ4v) is 4.31. The van der Waals surface area contributed by atoms with Crippen LogP contribution in [0.5, 0.6) is 5.75 Å².